The highest BCUT2D eigenvalue weighted by atomic mass is 16.5. The van der Waals surface area contributed by atoms with Gasteiger partial charge in [-0.3, -0.25) is 9.69 Å². The number of anilines is 2. The van der Waals surface area contributed by atoms with Crippen LogP contribution in [-0.4, -0.2) is 73.2 Å². The highest BCUT2D eigenvalue weighted by molar-refractivity contribution is 6.03. The number of hydrogen-bond acceptors (Lipinski definition) is 8. The molecule has 29 heavy (non-hydrogen) atoms. The topological polar surface area (TPSA) is 106 Å². The van der Waals surface area contributed by atoms with E-state index in [1.54, 1.807) is 30.3 Å². The Balaban J connectivity index is 1.62. The Morgan fingerprint density at radius 1 is 1.21 bits per heavy atom. The van der Waals surface area contributed by atoms with Gasteiger partial charge < -0.3 is 20.1 Å². The highest BCUT2D eigenvalue weighted by Gasteiger charge is 2.14. The molecule has 1 aliphatic rings. The first-order chi connectivity index (χ1) is 14.0. The number of nitrogens with one attached hydrogen (secondary N) is 2. The van der Waals surface area contributed by atoms with E-state index in [9.17, 15) is 9.59 Å². The van der Waals surface area contributed by atoms with Gasteiger partial charge in [-0.05, 0) is 31.2 Å². The number of esters is 1. The van der Waals surface area contributed by atoms with Crippen molar-refractivity contribution in [1.82, 2.24) is 14.9 Å². The van der Waals surface area contributed by atoms with Crippen molar-refractivity contribution in [1.29, 1.82) is 0 Å². The lowest BCUT2D eigenvalue weighted by molar-refractivity contribution is 0.0398. The first-order valence-electron chi connectivity index (χ1n) is 9.44. The van der Waals surface area contributed by atoms with Crippen LogP contribution in [0.2, 0.25) is 0 Å². The Kier molecular flexibility index (Phi) is 7.09. The molecule has 3 rings (SSSR count). The number of ether oxygens (including phenoxy) is 2. The second kappa shape index (κ2) is 9.94. The van der Waals surface area contributed by atoms with E-state index in [1.165, 1.54) is 7.11 Å². The smallest absolute Gasteiger partial charge is 0.337 e. The average Bonchev–Trinajstić information content (AvgIpc) is 2.73. The molecule has 0 bridgehead atoms. The average molecular weight is 399 g/mol. The largest absolute Gasteiger partial charge is 0.465 e. The molecule has 9 nitrogen and oxygen atoms in total. The SMILES string of the molecule is COC(=O)c1cccc(NC(=O)c2cc(C)nc(NCCN3CCOCC3)n2)c1. The molecule has 1 amide bonds. The summed E-state index contributed by atoms with van der Waals surface area (Å²) in [6.45, 7) is 6.66. The minimum Gasteiger partial charge on any atom is -0.465 e. The fourth-order valence-corrected chi connectivity index (χ4v) is 2.95. The standard InChI is InChI=1S/C20H25N5O4/c1-14-12-17(18(26)23-16-5-3-4-15(13-16)19(27)28-2)24-20(22-14)21-6-7-25-8-10-29-11-9-25/h3-5,12-13H,6-11H2,1-2H3,(H,23,26)(H,21,22,24). The highest BCUT2D eigenvalue weighted by Crippen LogP contribution is 2.14. The van der Waals surface area contributed by atoms with Crippen LogP contribution in [-0.2, 0) is 9.47 Å². The molecule has 0 atom stereocenters. The molecule has 1 aromatic heterocycles. The van der Waals surface area contributed by atoms with E-state index in [-0.39, 0.29) is 11.6 Å². The van der Waals surface area contributed by atoms with Crippen LogP contribution in [0.4, 0.5) is 11.6 Å². The third kappa shape index (κ3) is 5.97. The van der Waals surface area contributed by atoms with Crippen LogP contribution in [0.3, 0.4) is 0 Å². The van der Waals surface area contributed by atoms with Crippen molar-refractivity contribution in [2.75, 3.05) is 57.1 Å². The summed E-state index contributed by atoms with van der Waals surface area (Å²) in [5, 5.41) is 5.93. The minimum atomic E-state index is -0.467. The second-order valence-electron chi connectivity index (χ2n) is 6.63. The van der Waals surface area contributed by atoms with Gasteiger partial charge in [-0.1, -0.05) is 6.07 Å². The van der Waals surface area contributed by atoms with Gasteiger partial charge in [-0.2, -0.15) is 0 Å². The zero-order valence-electron chi connectivity index (χ0n) is 16.6. The molecule has 0 spiro atoms. The molecule has 2 N–H and O–H groups in total. The molecular weight excluding hydrogens is 374 g/mol. The Bertz CT molecular complexity index is 868. The van der Waals surface area contributed by atoms with Gasteiger partial charge in [0.2, 0.25) is 5.95 Å². The van der Waals surface area contributed by atoms with Gasteiger partial charge >= 0.3 is 5.97 Å². The zero-order chi connectivity index (χ0) is 20.6. The molecular formula is C20H25N5O4. The van der Waals surface area contributed by atoms with E-state index in [4.69, 9.17) is 9.47 Å². The first kappa shape index (κ1) is 20.7. The van der Waals surface area contributed by atoms with E-state index in [0.29, 0.717) is 29.4 Å². The van der Waals surface area contributed by atoms with Gasteiger partial charge in [0.15, 0.2) is 0 Å². The number of carbonyl (C=O) groups is 2. The molecule has 1 fully saturated rings. The second-order valence-corrected chi connectivity index (χ2v) is 6.63. The molecule has 0 radical (unpaired) electrons. The number of methoxy groups -OCH3 is 1. The van der Waals surface area contributed by atoms with Crippen LogP contribution in [0, 0.1) is 6.92 Å². The fourth-order valence-electron chi connectivity index (χ4n) is 2.95. The van der Waals surface area contributed by atoms with Crippen LogP contribution >= 0.6 is 0 Å². The molecule has 1 saturated heterocycles. The van der Waals surface area contributed by atoms with Gasteiger partial charge in [-0.25, -0.2) is 14.8 Å². The molecule has 9 heteroatoms. The Labute approximate surface area is 169 Å². The fraction of sp³-hybridized carbons (Fsp3) is 0.400. The maximum Gasteiger partial charge on any atom is 0.337 e. The number of nitrogens with zero attached hydrogens (tertiary/aromatic N) is 3. The van der Waals surface area contributed by atoms with Gasteiger partial charge in [0.1, 0.15) is 5.69 Å². The number of benzene rings is 1. The van der Waals surface area contributed by atoms with E-state index in [1.807, 2.05) is 6.92 Å². The number of morpholine rings is 1. The lowest BCUT2D eigenvalue weighted by atomic mass is 10.2. The van der Waals surface area contributed by atoms with Crippen molar-refractivity contribution in [3.8, 4) is 0 Å². The lowest BCUT2D eigenvalue weighted by Crippen LogP contribution is -2.39. The van der Waals surface area contributed by atoms with Crippen molar-refractivity contribution >= 4 is 23.5 Å². The number of amides is 1. The number of carbonyl (C=O) groups excluding carboxylic acids is 2. The third-order valence-electron chi connectivity index (χ3n) is 4.44. The van der Waals surface area contributed by atoms with E-state index in [2.05, 4.69) is 25.5 Å². The monoisotopic (exact) mass is 399 g/mol. The zero-order valence-corrected chi connectivity index (χ0v) is 16.6. The molecule has 2 aromatic rings. The van der Waals surface area contributed by atoms with Crippen LogP contribution in [0.1, 0.15) is 26.5 Å². The van der Waals surface area contributed by atoms with Crippen molar-refractivity contribution in [3.63, 3.8) is 0 Å². The van der Waals surface area contributed by atoms with Crippen molar-refractivity contribution in [2.24, 2.45) is 0 Å². The minimum absolute atomic E-state index is 0.245. The molecule has 1 aliphatic heterocycles. The summed E-state index contributed by atoms with van der Waals surface area (Å²) in [6, 6.07) is 8.16. The van der Waals surface area contributed by atoms with Crippen LogP contribution in [0.5, 0.6) is 0 Å². The quantitative estimate of drug-likeness (QED) is 0.676. The molecule has 0 unspecified atom stereocenters. The maximum atomic E-state index is 12.6. The first-order valence-corrected chi connectivity index (χ1v) is 9.44. The Morgan fingerprint density at radius 2 is 2.00 bits per heavy atom. The summed E-state index contributed by atoms with van der Waals surface area (Å²) in [7, 11) is 1.31. The van der Waals surface area contributed by atoms with E-state index < -0.39 is 5.97 Å². The molecule has 154 valence electrons. The maximum absolute atomic E-state index is 12.6. The summed E-state index contributed by atoms with van der Waals surface area (Å²) in [6.07, 6.45) is 0. The van der Waals surface area contributed by atoms with E-state index in [0.717, 1.165) is 32.8 Å². The van der Waals surface area contributed by atoms with Crippen LogP contribution < -0.4 is 10.6 Å². The van der Waals surface area contributed by atoms with Crippen molar-refractivity contribution in [2.45, 2.75) is 6.92 Å². The van der Waals surface area contributed by atoms with Gasteiger partial charge in [0.25, 0.3) is 5.91 Å². The summed E-state index contributed by atoms with van der Waals surface area (Å²) in [4.78, 5) is 35.2. The van der Waals surface area contributed by atoms with Gasteiger partial charge in [0, 0.05) is 37.6 Å². The summed E-state index contributed by atoms with van der Waals surface area (Å²) < 4.78 is 10.0. The molecule has 0 saturated carbocycles. The van der Waals surface area contributed by atoms with E-state index >= 15 is 0 Å². The predicted octanol–water partition coefficient (Wildman–Crippen LogP) is 1.57. The van der Waals surface area contributed by atoms with Crippen molar-refractivity contribution < 1.29 is 19.1 Å². The predicted molar refractivity (Wildman–Crippen MR) is 108 cm³/mol. The number of rotatable bonds is 7. The number of hydrogen-bond donors (Lipinski definition) is 2. The molecule has 2 heterocycles. The van der Waals surface area contributed by atoms with Gasteiger partial charge in [0.05, 0.1) is 25.9 Å². The Morgan fingerprint density at radius 3 is 2.76 bits per heavy atom. The molecule has 0 aliphatic carbocycles. The normalized spacial score (nSPS) is 14.3. The number of aryl methyl sites for hydroxylation is 1. The van der Waals surface area contributed by atoms with Gasteiger partial charge in [-0.15, -0.1) is 0 Å². The van der Waals surface area contributed by atoms with Crippen LogP contribution in [0.25, 0.3) is 0 Å². The molecule has 1 aromatic carbocycles. The Hall–Kier alpha value is -3.04. The third-order valence-corrected chi connectivity index (χ3v) is 4.44. The summed E-state index contributed by atoms with van der Waals surface area (Å²) >= 11 is 0. The summed E-state index contributed by atoms with van der Waals surface area (Å²) in [5.74, 6) is -0.439. The lowest BCUT2D eigenvalue weighted by Gasteiger charge is -2.26. The number of aromatic nitrogens is 2. The van der Waals surface area contributed by atoms with Crippen molar-refractivity contribution in [3.05, 3.63) is 47.3 Å². The van der Waals surface area contributed by atoms with Crippen LogP contribution in [0.15, 0.2) is 30.3 Å². The summed E-state index contributed by atoms with van der Waals surface area (Å²) in [5.41, 5.74) is 1.77.